The van der Waals surface area contributed by atoms with Crippen LogP contribution in [0, 0.1) is 26.6 Å². The molecule has 0 saturated carbocycles. The third-order valence-corrected chi connectivity index (χ3v) is 4.12. The van der Waals surface area contributed by atoms with Gasteiger partial charge in [0.05, 0.1) is 6.04 Å². The van der Waals surface area contributed by atoms with Crippen molar-refractivity contribution in [2.75, 3.05) is 5.32 Å². The molecule has 0 saturated heterocycles. The van der Waals surface area contributed by atoms with Crippen LogP contribution in [-0.4, -0.2) is 0 Å². The summed E-state index contributed by atoms with van der Waals surface area (Å²) in [7, 11) is 0. The standard InChI is InChI=1S/C17H18FN/c1-10-4-6-13(8-12(10)3)16-9-14-15(18)7-5-11(2)17(14)19-16/h4-8,16,19H,9H2,1-3H3. The SMILES string of the molecule is Cc1ccc(C2Cc3c(F)ccc(C)c3N2)cc1C. The lowest BCUT2D eigenvalue weighted by Gasteiger charge is -2.14. The summed E-state index contributed by atoms with van der Waals surface area (Å²) in [6, 6.07) is 10.1. The third kappa shape index (κ3) is 2.01. The van der Waals surface area contributed by atoms with Gasteiger partial charge in [-0.15, -0.1) is 0 Å². The predicted molar refractivity (Wildman–Crippen MR) is 77.1 cm³/mol. The molecule has 1 heterocycles. The van der Waals surface area contributed by atoms with Gasteiger partial charge >= 0.3 is 0 Å². The van der Waals surface area contributed by atoms with Crippen LogP contribution in [0.15, 0.2) is 30.3 Å². The maximum absolute atomic E-state index is 13.9. The molecule has 1 unspecified atom stereocenters. The first-order valence-electron chi connectivity index (χ1n) is 6.68. The molecule has 19 heavy (non-hydrogen) atoms. The van der Waals surface area contributed by atoms with Crippen LogP contribution < -0.4 is 5.32 Å². The Bertz CT molecular complexity index is 615. The first-order valence-corrected chi connectivity index (χ1v) is 6.68. The molecule has 3 rings (SSSR count). The summed E-state index contributed by atoms with van der Waals surface area (Å²) in [5, 5.41) is 3.47. The zero-order valence-corrected chi connectivity index (χ0v) is 11.5. The first kappa shape index (κ1) is 12.2. The molecule has 2 heteroatoms. The van der Waals surface area contributed by atoms with Crippen LogP contribution in [0.2, 0.25) is 0 Å². The fraction of sp³-hybridized carbons (Fsp3) is 0.294. The van der Waals surface area contributed by atoms with Gasteiger partial charge in [0.1, 0.15) is 5.82 Å². The number of halogens is 1. The summed E-state index contributed by atoms with van der Waals surface area (Å²) in [4.78, 5) is 0. The van der Waals surface area contributed by atoms with Crippen LogP contribution in [0.4, 0.5) is 10.1 Å². The number of hydrogen-bond donors (Lipinski definition) is 1. The van der Waals surface area contributed by atoms with E-state index in [4.69, 9.17) is 0 Å². The normalized spacial score (nSPS) is 17.2. The molecule has 1 aliphatic heterocycles. The molecule has 0 bridgehead atoms. The minimum absolute atomic E-state index is 0.0977. The van der Waals surface area contributed by atoms with Crippen molar-refractivity contribution < 1.29 is 4.39 Å². The number of benzene rings is 2. The highest BCUT2D eigenvalue weighted by Gasteiger charge is 2.26. The summed E-state index contributed by atoms with van der Waals surface area (Å²) in [5.74, 6) is -0.0977. The van der Waals surface area contributed by atoms with Crippen molar-refractivity contribution in [2.24, 2.45) is 0 Å². The number of rotatable bonds is 1. The second-order valence-electron chi connectivity index (χ2n) is 5.46. The molecule has 1 N–H and O–H groups in total. The maximum Gasteiger partial charge on any atom is 0.128 e. The quantitative estimate of drug-likeness (QED) is 0.793. The molecule has 0 spiro atoms. The summed E-state index contributed by atoms with van der Waals surface area (Å²) in [6.07, 6.45) is 0.728. The van der Waals surface area contributed by atoms with Gasteiger partial charge in [0.15, 0.2) is 0 Å². The van der Waals surface area contributed by atoms with Gasteiger partial charge in [0.25, 0.3) is 0 Å². The molecule has 1 nitrogen and oxygen atoms in total. The van der Waals surface area contributed by atoms with Crippen LogP contribution in [0.5, 0.6) is 0 Å². The Kier molecular flexibility index (Phi) is 2.81. The molecule has 0 aromatic heterocycles. The molecular formula is C17H18FN. The smallest absolute Gasteiger partial charge is 0.128 e. The van der Waals surface area contributed by atoms with E-state index < -0.39 is 0 Å². The van der Waals surface area contributed by atoms with E-state index in [9.17, 15) is 4.39 Å². The van der Waals surface area contributed by atoms with Crippen molar-refractivity contribution in [3.63, 3.8) is 0 Å². The maximum atomic E-state index is 13.9. The van der Waals surface area contributed by atoms with Gasteiger partial charge < -0.3 is 5.32 Å². The monoisotopic (exact) mass is 255 g/mol. The van der Waals surface area contributed by atoms with E-state index in [-0.39, 0.29) is 11.9 Å². The largest absolute Gasteiger partial charge is 0.377 e. The predicted octanol–water partition coefficient (Wildman–Crippen LogP) is 4.46. The Morgan fingerprint density at radius 3 is 2.42 bits per heavy atom. The van der Waals surface area contributed by atoms with Crippen LogP contribution in [0.1, 0.15) is 33.9 Å². The fourth-order valence-electron chi connectivity index (χ4n) is 2.75. The lowest BCUT2D eigenvalue weighted by Crippen LogP contribution is -2.06. The summed E-state index contributed by atoms with van der Waals surface area (Å²) in [5.41, 5.74) is 6.72. The van der Waals surface area contributed by atoms with Crippen molar-refractivity contribution in [1.82, 2.24) is 0 Å². The zero-order valence-electron chi connectivity index (χ0n) is 11.5. The average molecular weight is 255 g/mol. The zero-order chi connectivity index (χ0) is 13.6. The van der Waals surface area contributed by atoms with Crippen molar-refractivity contribution in [3.05, 3.63) is 64.0 Å². The van der Waals surface area contributed by atoms with Gasteiger partial charge in [-0.2, -0.15) is 0 Å². The van der Waals surface area contributed by atoms with Gasteiger partial charge in [0.2, 0.25) is 0 Å². The Balaban J connectivity index is 1.97. The van der Waals surface area contributed by atoms with E-state index in [1.807, 2.05) is 13.0 Å². The van der Waals surface area contributed by atoms with E-state index in [1.165, 1.54) is 16.7 Å². The highest BCUT2D eigenvalue weighted by atomic mass is 19.1. The highest BCUT2D eigenvalue weighted by molar-refractivity contribution is 5.63. The van der Waals surface area contributed by atoms with Crippen LogP contribution in [0.25, 0.3) is 0 Å². The van der Waals surface area contributed by atoms with Gasteiger partial charge in [-0.25, -0.2) is 4.39 Å². The molecule has 0 radical (unpaired) electrons. The van der Waals surface area contributed by atoms with E-state index in [1.54, 1.807) is 6.07 Å². The van der Waals surface area contributed by atoms with E-state index in [2.05, 4.69) is 37.4 Å². The molecule has 98 valence electrons. The topological polar surface area (TPSA) is 12.0 Å². The fourth-order valence-corrected chi connectivity index (χ4v) is 2.75. The minimum Gasteiger partial charge on any atom is -0.377 e. The summed E-state index contributed by atoms with van der Waals surface area (Å²) >= 11 is 0. The Labute approximate surface area is 113 Å². The molecule has 2 aromatic carbocycles. The minimum atomic E-state index is -0.0977. The van der Waals surface area contributed by atoms with E-state index in [0.29, 0.717) is 0 Å². The molecule has 1 atom stereocenters. The van der Waals surface area contributed by atoms with Crippen LogP contribution in [-0.2, 0) is 6.42 Å². The van der Waals surface area contributed by atoms with Gasteiger partial charge in [-0.05, 0) is 49.1 Å². The first-order chi connectivity index (χ1) is 9.06. The van der Waals surface area contributed by atoms with Gasteiger partial charge in [-0.1, -0.05) is 24.3 Å². The van der Waals surface area contributed by atoms with Crippen molar-refractivity contribution in [1.29, 1.82) is 0 Å². The van der Waals surface area contributed by atoms with Crippen molar-refractivity contribution in [3.8, 4) is 0 Å². The second-order valence-corrected chi connectivity index (χ2v) is 5.46. The Morgan fingerprint density at radius 1 is 1.00 bits per heavy atom. The molecule has 1 aliphatic rings. The Hall–Kier alpha value is -1.83. The Morgan fingerprint density at radius 2 is 1.74 bits per heavy atom. The lowest BCUT2D eigenvalue weighted by molar-refractivity contribution is 0.610. The molecular weight excluding hydrogens is 237 g/mol. The summed E-state index contributed by atoms with van der Waals surface area (Å²) < 4.78 is 13.9. The number of nitrogens with one attached hydrogen (secondary N) is 1. The molecule has 0 amide bonds. The molecule has 0 fully saturated rings. The molecule has 0 aliphatic carbocycles. The number of hydrogen-bond acceptors (Lipinski definition) is 1. The van der Waals surface area contributed by atoms with Crippen molar-refractivity contribution in [2.45, 2.75) is 33.2 Å². The number of anilines is 1. The van der Waals surface area contributed by atoms with Crippen LogP contribution >= 0.6 is 0 Å². The van der Waals surface area contributed by atoms with E-state index in [0.717, 1.165) is 23.2 Å². The average Bonchev–Trinajstić information content (AvgIpc) is 2.83. The number of fused-ring (bicyclic) bond motifs is 1. The van der Waals surface area contributed by atoms with Crippen LogP contribution in [0.3, 0.4) is 0 Å². The van der Waals surface area contributed by atoms with Gasteiger partial charge in [0, 0.05) is 17.7 Å². The van der Waals surface area contributed by atoms with E-state index >= 15 is 0 Å². The highest BCUT2D eigenvalue weighted by Crippen LogP contribution is 2.38. The second kappa shape index (κ2) is 4.37. The summed E-state index contributed by atoms with van der Waals surface area (Å²) in [6.45, 7) is 6.25. The van der Waals surface area contributed by atoms with Crippen molar-refractivity contribution >= 4 is 5.69 Å². The lowest BCUT2D eigenvalue weighted by atomic mass is 9.98. The third-order valence-electron chi connectivity index (χ3n) is 4.12. The molecule has 2 aromatic rings. The number of aryl methyl sites for hydroxylation is 3. The van der Waals surface area contributed by atoms with Gasteiger partial charge in [-0.3, -0.25) is 0 Å².